The van der Waals surface area contributed by atoms with Crippen molar-refractivity contribution in [3.05, 3.63) is 75.2 Å². The monoisotopic (exact) mass is 440 g/mol. The number of rotatable bonds is 1. The number of benzene rings is 4. The third kappa shape index (κ3) is 2.52. The van der Waals surface area contributed by atoms with Gasteiger partial charge in [-0.3, -0.25) is 0 Å². The quantitative estimate of drug-likeness (QED) is 0.309. The lowest BCUT2D eigenvalue weighted by Crippen LogP contribution is -1.87. The first-order valence-electron chi connectivity index (χ1n) is 7.65. The largest absolute Gasteiger partial charge is 0.507 e. The van der Waals surface area contributed by atoms with Crippen LogP contribution in [0.15, 0.2) is 69.6 Å². The Balaban J connectivity index is 2.22. The zero-order valence-electron chi connectivity index (χ0n) is 13.0. The molecule has 0 saturated carbocycles. The van der Waals surface area contributed by atoms with Gasteiger partial charge in [0.2, 0.25) is 0 Å². The Morgan fingerprint density at radius 1 is 0.667 bits per heavy atom. The molecule has 0 bridgehead atoms. The number of phenols is 1. The van der Waals surface area contributed by atoms with Gasteiger partial charge in [-0.25, -0.2) is 0 Å². The Bertz CT molecular complexity index is 1080. The Kier molecular flexibility index (Phi) is 3.86. The molecule has 0 aliphatic rings. The molecule has 0 unspecified atom stereocenters. The van der Waals surface area contributed by atoms with Crippen LogP contribution >= 0.6 is 31.9 Å². The van der Waals surface area contributed by atoms with Gasteiger partial charge in [-0.05, 0) is 52.9 Å². The predicted octanol–water partition coefficient (Wildman–Crippen LogP) is 7.20. The maximum atomic E-state index is 11.0. The smallest absolute Gasteiger partial charge is 0.131 e. The zero-order valence-corrected chi connectivity index (χ0v) is 16.1. The molecule has 0 fully saturated rings. The number of hydrogen-bond donors (Lipinski definition) is 1. The van der Waals surface area contributed by atoms with E-state index < -0.39 is 0 Å². The van der Waals surface area contributed by atoms with E-state index in [0.29, 0.717) is 5.75 Å². The lowest BCUT2D eigenvalue weighted by molar-refractivity contribution is 0.484. The van der Waals surface area contributed by atoms with Crippen molar-refractivity contribution >= 4 is 53.4 Å². The average molecular weight is 442 g/mol. The summed E-state index contributed by atoms with van der Waals surface area (Å²) in [6, 6.07) is 20.5. The van der Waals surface area contributed by atoms with E-state index in [4.69, 9.17) is 0 Å². The standard InChI is InChI=1S/C21H14Br2O/c1-12-2-4-13(5-3-12)20-18-10-14(22)6-8-16(18)17-9-7-15(23)11-19(17)21(20)24/h2-11,24H,1H3. The highest BCUT2D eigenvalue weighted by atomic mass is 79.9. The van der Waals surface area contributed by atoms with Crippen molar-refractivity contribution in [1.82, 2.24) is 0 Å². The summed E-state index contributed by atoms with van der Waals surface area (Å²) in [4.78, 5) is 0. The van der Waals surface area contributed by atoms with E-state index in [9.17, 15) is 5.11 Å². The van der Waals surface area contributed by atoms with Crippen molar-refractivity contribution < 1.29 is 5.11 Å². The first kappa shape index (κ1) is 15.7. The molecule has 0 aliphatic carbocycles. The minimum absolute atomic E-state index is 0.320. The molecule has 0 amide bonds. The number of fused-ring (bicyclic) bond motifs is 3. The van der Waals surface area contributed by atoms with Crippen molar-refractivity contribution in [2.75, 3.05) is 0 Å². The highest BCUT2D eigenvalue weighted by Gasteiger charge is 2.16. The summed E-state index contributed by atoms with van der Waals surface area (Å²) in [5, 5.41) is 15.1. The molecule has 0 aromatic heterocycles. The number of aryl methyl sites for hydroxylation is 1. The highest BCUT2D eigenvalue weighted by Crippen LogP contribution is 2.44. The summed E-state index contributed by atoms with van der Waals surface area (Å²) in [7, 11) is 0. The van der Waals surface area contributed by atoms with E-state index in [2.05, 4.69) is 75.2 Å². The second-order valence-electron chi connectivity index (χ2n) is 5.97. The van der Waals surface area contributed by atoms with E-state index in [1.807, 2.05) is 24.3 Å². The van der Waals surface area contributed by atoms with E-state index in [-0.39, 0.29) is 0 Å². The molecule has 0 radical (unpaired) electrons. The van der Waals surface area contributed by atoms with Crippen molar-refractivity contribution in [3.8, 4) is 16.9 Å². The van der Waals surface area contributed by atoms with Crippen LogP contribution in [0.5, 0.6) is 5.75 Å². The lowest BCUT2D eigenvalue weighted by atomic mass is 9.92. The molecular formula is C21H14Br2O. The van der Waals surface area contributed by atoms with Gasteiger partial charge in [-0.2, -0.15) is 0 Å². The molecule has 0 aliphatic heterocycles. The molecule has 0 saturated heterocycles. The van der Waals surface area contributed by atoms with Crippen LogP contribution < -0.4 is 0 Å². The van der Waals surface area contributed by atoms with Gasteiger partial charge in [0.25, 0.3) is 0 Å². The number of phenolic OH excluding ortho intramolecular Hbond substituents is 1. The van der Waals surface area contributed by atoms with Crippen LogP contribution in [0.4, 0.5) is 0 Å². The first-order valence-corrected chi connectivity index (χ1v) is 9.24. The predicted molar refractivity (Wildman–Crippen MR) is 109 cm³/mol. The lowest BCUT2D eigenvalue weighted by Gasteiger charge is -2.15. The van der Waals surface area contributed by atoms with E-state index >= 15 is 0 Å². The van der Waals surface area contributed by atoms with Gasteiger partial charge >= 0.3 is 0 Å². The molecule has 0 atom stereocenters. The molecule has 0 heterocycles. The fourth-order valence-corrected chi connectivity index (χ4v) is 3.90. The Morgan fingerprint density at radius 2 is 1.21 bits per heavy atom. The summed E-state index contributed by atoms with van der Waals surface area (Å²) < 4.78 is 1.95. The van der Waals surface area contributed by atoms with Gasteiger partial charge in [0.05, 0.1) is 0 Å². The summed E-state index contributed by atoms with van der Waals surface area (Å²) in [5.74, 6) is 0.320. The van der Waals surface area contributed by atoms with Crippen LogP contribution in [-0.4, -0.2) is 5.11 Å². The summed E-state index contributed by atoms with van der Waals surface area (Å²) >= 11 is 7.08. The van der Waals surface area contributed by atoms with Gasteiger partial charge < -0.3 is 5.11 Å². The van der Waals surface area contributed by atoms with Crippen LogP contribution in [0.1, 0.15) is 5.56 Å². The Hall–Kier alpha value is -1.84. The number of aromatic hydroxyl groups is 1. The normalized spacial score (nSPS) is 11.3. The SMILES string of the molecule is Cc1ccc(-c2c(O)c3cc(Br)ccc3c3ccc(Br)cc23)cc1. The van der Waals surface area contributed by atoms with Gasteiger partial charge in [0, 0.05) is 19.9 Å². The third-order valence-electron chi connectivity index (χ3n) is 4.35. The number of hydrogen-bond acceptors (Lipinski definition) is 1. The summed E-state index contributed by atoms with van der Waals surface area (Å²) in [6.45, 7) is 2.07. The number of halogens is 2. The molecule has 4 aromatic rings. The van der Waals surface area contributed by atoms with Crippen LogP contribution in [0.25, 0.3) is 32.7 Å². The average Bonchev–Trinajstić information content (AvgIpc) is 2.57. The maximum absolute atomic E-state index is 11.0. The Labute approximate surface area is 157 Å². The van der Waals surface area contributed by atoms with E-state index in [1.54, 1.807) is 0 Å². The van der Waals surface area contributed by atoms with E-state index in [0.717, 1.165) is 41.6 Å². The highest BCUT2D eigenvalue weighted by molar-refractivity contribution is 9.10. The molecule has 4 aromatic carbocycles. The van der Waals surface area contributed by atoms with Crippen molar-refractivity contribution in [1.29, 1.82) is 0 Å². The molecule has 1 N–H and O–H groups in total. The first-order chi connectivity index (χ1) is 11.5. The van der Waals surface area contributed by atoms with Crippen molar-refractivity contribution in [2.45, 2.75) is 6.92 Å². The zero-order chi connectivity index (χ0) is 16.8. The maximum Gasteiger partial charge on any atom is 0.131 e. The summed E-state index contributed by atoms with van der Waals surface area (Å²) in [5.41, 5.74) is 3.09. The van der Waals surface area contributed by atoms with Crippen LogP contribution in [-0.2, 0) is 0 Å². The molecule has 1 nitrogen and oxygen atoms in total. The second-order valence-corrected chi connectivity index (χ2v) is 7.80. The molecule has 4 rings (SSSR count). The molecular weight excluding hydrogens is 428 g/mol. The van der Waals surface area contributed by atoms with Crippen LogP contribution in [0.2, 0.25) is 0 Å². The second kappa shape index (κ2) is 5.91. The minimum atomic E-state index is 0.320. The van der Waals surface area contributed by atoms with Crippen LogP contribution in [0.3, 0.4) is 0 Å². The minimum Gasteiger partial charge on any atom is -0.507 e. The Morgan fingerprint density at radius 3 is 1.83 bits per heavy atom. The van der Waals surface area contributed by atoms with Gasteiger partial charge in [0.1, 0.15) is 5.75 Å². The molecule has 0 spiro atoms. The fourth-order valence-electron chi connectivity index (χ4n) is 3.18. The topological polar surface area (TPSA) is 20.2 Å². The van der Waals surface area contributed by atoms with Gasteiger partial charge in [-0.15, -0.1) is 0 Å². The van der Waals surface area contributed by atoms with Gasteiger partial charge in [0.15, 0.2) is 0 Å². The van der Waals surface area contributed by atoms with E-state index in [1.165, 1.54) is 5.56 Å². The fraction of sp³-hybridized carbons (Fsp3) is 0.0476. The summed E-state index contributed by atoms with van der Waals surface area (Å²) in [6.07, 6.45) is 0. The van der Waals surface area contributed by atoms with Crippen LogP contribution in [0, 0.1) is 6.92 Å². The molecule has 24 heavy (non-hydrogen) atoms. The van der Waals surface area contributed by atoms with Crippen molar-refractivity contribution in [3.63, 3.8) is 0 Å². The third-order valence-corrected chi connectivity index (χ3v) is 5.34. The van der Waals surface area contributed by atoms with Crippen molar-refractivity contribution in [2.24, 2.45) is 0 Å². The van der Waals surface area contributed by atoms with Gasteiger partial charge in [-0.1, -0.05) is 73.8 Å². The molecule has 118 valence electrons. The molecule has 3 heteroatoms.